The molecular weight excluding hydrogens is 115 g/mol. The van der Waals surface area contributed by atoms with Gasteiger partial charge in [0.05, 0.1) is 0 Å². The molecule has 0 rings (SSSR count). The van der Waals surface area contributed by atoms with Crippen molar-refractivity contribution in [1.82, 2.24) is 0 Å². The van der Waals surface area contributed by atoms with Crippen molar-refractivity contribution >= 4 is 19.3 Å². The lowest BCUT2D eigenvalue weighted by molar-refractivity contribution is 0.741. The van der Waals surface area contributed by atoms with E-state index in [0.717, 1.165) is 5.65 Å². The average Bonchev–Trinajstić information content (AvgIpc) is 1.62. The number of rotatable bonds is 1. The highest BCUT2D eigenvalue weighted by molar-refractivity contribution is 7.82. The van der Waals surface area contributed by atoms with Gasteiger partial charge in [-0.15, -0.1) is 0 Å². The molecule has 0 aliphatic carbocycles. The summed E-state index contributed by atoms with van der Waals surface area (Å²) in [7, 11) is 0. The Balaban J connectivity index is 3.62. The second kappa shape index (κ2) is 2.81. The van der Waals surface area contributed by atoms with Gasteiger partial charge in [-0.3, -0.25) is 0 Å². The molecule has 0 aliphatic rings. The predicted molar refractivity (Wildman–Crippen MR) is 45.2 cm³/mol. The fourth-order valence-corrected chi connectivity index (χ4v) is 0.822. The van der Waals surface area contributed by atoms with Crippen LogP contribution >= 0.6 is 12.6 Å². The maximum Gasteiger partial charge on any atom is 0.153 e. The third-order valence-electron chi connectivity index (χ3n) is 1.75. The molecule has 0 aliphatic heterocycles. The molecular formula is C6H15BS. The quantitative estimate of drug-likeness (QED) is 0.409. The average molecular weight is 130 g/mol. The predicted octanol–water partition coefficient (Wildman–Crippen LogP) is 2.38. The zero-order chi connectivity index (χ0) is 6.78. The molecule has 0 nitrogen and oxygen atoms in total. The molecule has 0 fully saturated rings. The molecule has 0 amide bonds. The number of hydrogen-bond acceptors (Lipinski definition) is 1. The molecule has 0 atom stereocenters. The fourth-order valence-electron chi connectivity index (χ4n) is 0.274. The van der Waals surface area contributed by atoms with Crippen LogP contribution in [0.3, 0.4) is 0 Å². The van der Waals surface area contributed by atoms with Gasteiger partial charge in [-0.2, -0.15) is 12.6 Å². The van der Waals surface area contributed by atoms with Gasteiger partial charge >= 0.3 is 0 Å². The Labute approximate surface area is 58.5 Å². The third-order valence-corrected chi connectivity index (χ3v) is 2.30. The minimum Gasteiger partial charge on any atom is -0.187 e. The Morgan fingerprint density at radius 3 is 1.75 bits per heavy atom. The molecule has 2 heteroatoms. The topological polar surface area (TPSA) is 0 Å². The summed E-state index contributed by atoms with van der Waals surface area (Å²) in [4.78, 5) is 0. The van der Waals surface area contributed by atoms with Crippen LogP contribution in [0.15, 0.2) is 0 Å². The van der Waals surface area contributed by atoms with Gasteiger partial charge in [0.15, 0.2) is 6.71 Å². The zero-order valence-electron chi connectivity index (χ0n) is 6.23. The van der Waals surface area contributed by atoms with E-state index in [1.54, 1.807) is 0 Å². The van der Waals surface area contributed by atoms with Crippen LogP contribution in [-0.2, 0) is 0 Å². The molecule has 48 valence electrons. The zero-order valence-corrected chi connectivity index (χ0v) is 7.13. The Morgan fingerprint density at radius 2 is 1.75 bits per heavy atom. The Bertz CT molecular complexity index is 65.4. The summed E-state index contributed by atoms with van der Waals surface area (Å²) in [6, 6.07) is 0. The summed E-state index contributed by atoms with van der Waals surface area (Å²) in [6.45, 7) is 9.67. The summed E-state index contributed by atoms with van der Waals surface area (Å²) in [5.74, 6) is 0. The van der Waals surface area contributed by atoms with Crippen molar-refractivity contribution < 1.29 is 0 Å². The van der Waals surface area contributed by atoms with Gasteiger partial charge in [0, 0.05) is 0 Å². The lowest BCUT2D eigenvalue weighted by atomic mass is 9.38. The molecule has 0 aromatic rings. The summed E-state index contributed by atoms with van der Waals surface area (Å²) in [5, 5.41) is 0.432. The van der Waals surface area contributed by atoms with Crippen LogP contribution in [0, 0.1) is 0 Å². The van der Waals surface area contributed by atoms with Gasteiger partial charge < -0.3 is 0 Å². The first-order chi connectivity index (χ1) is 3.48. The van der Waals surface area contributed by atoms with Crippen LogP contribution in [0.25, 0.3) is 0 Å². The summed E-state index contributed by atoms with van der Waals surface area (Å²) >= 11 is 4.21. The molecule has 0 aromatic heterocycles. The highest BCUT2D eigenvalue weighted by Gasteiger charge is 2.21. The second-order valence-corrected chi connectivity index (χ2v) is 3.81. The smallest absolute Gasteiger partial charge is 0.153 e. The lowest BCUT2D eigenvalue weighted by Gasteiger charge is -2.22. The van der Waals surface area contributed by atoms with E-state index in [0.29, 0.717) is 12.0 Å². The first kappa shape index (κ1) is 8.41. The fraction of sp³-hybridized carbons (Fsp3) is 1.00. The van der Waals surface area contributed by atoms with Crippen LogP contribution in [0.1, 0.15) is 20.8 Å². The van der Waals surface area contributed by atoms with E-state index in [9.17, 15) is 0 Å². The number of thiol groups is 1. The Hall–Kier alpha value is 0.415. The first-order valence-corrected chi connectivity index (χ1v) is 3.72. The highest BCUT2D eigenvalue weighted by Crippen LogP contribution is 2.26. The SMILES string of the molecule is CB(CS)C(C)(C)C. The van der Waals surface area contributed by atoms with E-state index in [4.69, 9.17) is 0 Å². The van der Waals surface area contributed by atoms with E-state index < -0.39 is 0 Å². The summed E-state index contributed by atoms with van der Waals surface area (Å²) < 4.78 is 0. The summed E-state index contributed by atoms with van der Waals surface area (Å²) in [6.07, 6.45) is 0. The molecule has 0 N–H and O–H groups in total. The molecule has 0 unspecified atom stereocenters. The molecule has 0 saturated carbocycles. The van der Waals surface area contributed by atoms with E-state index >= 15 is 0 Å². The Morgan fingerprint density at radius 1 is 1.38 bits per heavy atom. The minimum absolute atomic E-state index is 0.432. The van der Waals surface area contributed by atoms with Crippen molar-refractivity contribution in [3.8, 4) is 0 Å². The van der Waals surface area contributed by atoms with Crippen LogP contribution < -0.4 is 0 Å². The standard InChI is InChI=1S/C6H15BS/c1-6(2,3)7(4)5-8/h8H,5H2,1-4H3. The monoisotopic (exact) mass is 130 g/mol. The van der Waals surface area contributed by atoms with Crippen LogP contribution in [0.4, 0.5) is 0 Å². The van der Waals surface area contributed by atoms with Gasteiger partial charge in [0.2, 0.25) is 0 Å². The molecule has 0 aromatic carbocycles. The molecule has 0 bridgehead atoms. The van der Waals surface area contributed by atoms with Crippen LogP contribution in [0.5, 0.6) is 0 Å². The maximum atomic E-state index is 4.21. The van der Waals surface area contributed by atoms with Crippen molar-refractivity contribution in [3.05, 3.63) is 0 Å². The third kappa shape index (κ3) is 2.66. The minimum atomic E-state index is 0.432. The largest absolute Gasteiger partial charge is 0.187 e. The van der Waals surface area contributed by atoms with E-state index in [1.807, 2.05) is 0 Å². The van der Waals surface area contributed by atoms with Gasteiger partial charge in [0.1, 0.15) is 0 Å². The molecule has 0 heterocycles. The van der Waals surface area contributed by atoms with Crippen molar-refractivity contribution in [1.29, 1.82) is 0 Å². The van der Waals surface area contributed by atoms with E-state index in [-0.39, 0.29) is 0 Å². The lowest BCUT2D eigenvalue weighted by Crippen LogP contribution is -2.23. The normalized spacial score (nSPS) is 11.6. The maximum absolute atomic E-state index is 4.21. The van der Waals surface area contributed by atoms with Gasteiger partial charge in [-0.05, 0) is 5.65 Å². The molecule has 0 saturated heterocycles. The Kier molecular flexibility index (Phi) is 2.96. The van der Waals surface area contributed by atoms with Crippen molar-refractivity contribution in [2.45, 2.75) is 32.9 Å². The van der Waals surface area contributed by atoms with Gasteiger partial charge in [-0.25, -0.2) is 0 Å². The molecule has 8 heavy (non-hydrogen) atoms. The first-order valence-electron chi connectivity index (χ1n) is 3.09. The van der Waals surface area contributed by atoms with Crippen molar-refractivity contribution in [2.24, 2.45) is 0 Å². The van der Waals surface area contributed by atoms with E-state index in [1.165, 1.54) is 0 Å². The second-order valence-electron chi connectivity index (χ2n) is 3.45. The van der Waals surface area contributed by atoms with E-state index in [2.05, 4.69) is 40.2 Å². The molecule has 0 radical (unpaired) electrons. The molecule has 0 spiro atoms. The van der Waals surface area contributed by atoms with Gasteiger partial charge in [0.25, 0.3) is 0 Å². The van der Waals surface area contributed by atoms with Crippen LogP contribution in [-0.4, -0.2) is 12.4 Å². The van der Waals surface area contributed by atoms with Crippen LogP contribution in [0.2, 0.25) is 12.1 Å². The van der Waals surface area contributed by atoms with Crippen molar-refractivity contribution in [3.63, 3.8) is 0 Å². The number of hydrogen-bond donors (Lipinski definition) is 1. The summed E-state index contributed by atoms with van der Waals surface area (Å²) in [5.41, 5.74) is 0.990. The van der Waals surface area contributed by atoms with Gasteiger partial charge in [-0.1, -0.05) is 32.9 Å². The highest BCUT2D eigenvalue weighted by atomic mass is 32.1. The van der Waals surface area contributed by atoms with Crippen molar-refractivity contribution in [2.75, 3.05) is 5.65 Å².